The second kappa shape index (κ2) is 3.40. The number of pyridine rings is 1. The van der Waals surface area contributed by atoms with Crippen LogP contribution in [-0.2, 0) is 12.8 Å². The zero-order chi connectivity index (χ0) is 11.1. The number of anilines is 1. The molecule has 0 saturated carbocycles. The maximum absolute atomic E-state index is 6.01. The fraction of sp³-hybridized carbons (Fsp3) is 0.417. The van der Waals surface area contributed by atoms with Crippen LogP contribution in [0.3, 0.4) is 0 Å². The average molecular weight is 217 g/mol. The summed E-state index contributed by atoms with van der Waals surface area (Å²) >= 11 is 0. The molecule has 0 aliphatic heterocycles. The average Bonchev–Trinajstić information content (AvgIpc) is 2.85. The molecule has 0 aromatic carbocycles. The minimum atomic E-state index is 0.558. The van der Waals surface area contributed by atoms with E-state index in [0.717, 1.165) is 18.4 Å². The molecule has 0 fully saturated rings. The van der Waals surface area contributed by atoms with Crippen LogP contribution in [0.1, 0.15) is 24.6 Å². The van der Waals surface area contributed by atoms with E-state index in [1.165, 1.54) is 17.7 Å². The van der Waals surface area contributed by atoms with E-state index < -0.39 is 0 Å². The second-order valence-electron chi connectivity index (χ2n) is 4.11. The standard InChI is InChI=1S/C12H15N3O/c1-2-16-12-11(13)10-7-6-8-4-3-5-9(8)15(10)14-12/h6-7H,2-5,13H2,1H3. The van der Waals surface area contributed by atoms with Crippen molar-refractivity contribution in [1.82, 2.24) is 9.61 Å². The molecule has 0 amide bonds. The summed E-state index contributed by atoms with van der Waals surface area (Å²) < 4.78 is 7.37. The van der Waals surface area contributed by atoms with E-state index in [2.05, 4.69) is 11.2 Å². The van der Waals surface area contributed by atoms with Gasteiger partial charge in [0.1, 0.15) is 5.69 Å². The molecule has 1 aliphatic rings. The Morgan fingerprint density at radius 1 is 1.44 bits per heavy atom. The van der Waals surface area contributed by atoms with Crippen LogP contribution in [0.15, 0.2) is 12.1 Å². The number of aromatic nitrogens is 2. The summed E-state index contributed by atoms with van der Waals surface area (Å²) in [6, 6.07) is 4.19. The van der Waals surface area contributed by atoms with Gasteiger partial charge in [-0.25, -0.2) is 4.52 Å². The van der Waals surface area contributed by atoms with E-state index in [0.29, 0.717) is 18.2 Å². The number of rotatable bonds is 2. The van der Waals surface area contributed by atoms with Crippen LogP contribution < -0.4 is 10.5 Å². The van der Waals surface area contributed by atoms with Gasteiger partial charge < -0.3 is 10.5 Å². The van der Waals surface area contributed by atoms with Gasteiger partial charge in [0, 0.05) is 5.69 Å². The number of hydrogen-bond acceptors (Lipinski definition) is 3. The number of nitrogen functional groups attached to an aromatic ring is 1. The van der Waals surface area contributed by atoms with Gasteiger partial charge in [0.15, 0.2) is 0 Å². The Balaban J connectivity index is 2.25. The highest BCUT2D eigenvalue weighted by molar-refractivity contribution is 5.75. The van der Waals surface area contributed by atoms with Crippen LogP contribution in [0.4, 0.5) is 5.69 Å². The molecule has 0 spiro atoms. The van der Waals surface area contributed by atoms with Crippen LogP contribution in [0.25, 0.3) is 5.52 Å². The summed E-state index contributed by atoms with van der Waals surface area (Å²) in [6.07, 6.45) is 3.44. The molecule has 3 rings (SSSR count). The van der Waals surface area contributed by atoms with Crippen molar-refractivity contribution in [3.63, 3.8) is 0 Å². The van der Waals surface area contributed by atoms with Crippen molar-refractivity contribution in [3.8, 4) is 5.88 Å². The largest absolute Gasteiger partial charge is 0.475 e. The highest BCUT2D eigenvalue weighted by Crippen LogP contribution is 2.30. The zero-order valence-corrected chi connectivity index (χ0v) is 9.36. The number of fused-ring (bicyclic) bond motifs is 3. The fourth-order valence-electron chi connectivity index (χ4n) is 2.38. The summed E-state index contributed by atoms with van der Waals surface area (Å²) in [7, 11) is 0. The molecule has 0 atom stereocenters. The van der Waals surface area contributed by atoms with Crippen LogP contribution >= 0.6 is 0 Å². The number of ether oxygens (including phenoxy) is 1. The fourth-order valence-corrected chi connectivity index (χ4v) is 2.38. The van der Waals surface area contributed by atoms with Gasteiger partial charge in [0.05, 0.1) is 12.1 Å². The second-order valence-corrected chi connectivity index (χ2v) is 4.11. The monoisotopic (exact) mass is 217 g/mol. The molecule has 84 valence electrons. The molecule has 0 unspecified atom stereocenters. The van der Waals surface area contributed by atoms with Gasteiger partial charge in [-0.3, -0.25) is 0 Å². The molecule has 2 aromatic heterocycles. The van der Waals surface area contributed by atoms with Gasteiger partial charge in [-0.05, 0) is 37.8 Å². The van der Waals surface area contributed by atoms with Crippen molar-refractivity contribution < 1.29 is 4.74 Å². The lowest BCUT2D eigenvalue weighted by molar-refractivity contribution is 0.326. The Morgan fingerprint density at radius 3 is 3.12 bits per heavy atom. The van der Waals surface area contributed by atoms with E-state index in [-0.39, 0.29) is 0 Å². The molecule has 4 heteroatoms. The number of aryl methyl sites for hydroxylation is 2. The lowest BCUT2D eigenvalue weighted by atomic mass is 10.2. The first-order valence-corrected chi connectivity index (χ1v) is 5.73. The highest BCUT2D eigenvalue weighted by Gasteiger charge is 2.18. The van der Waals surface area contributed by atoms with E-state index in [9.17, 15) is 0 Å². The number of nitrogens with zero attached hydrogens (tertiary/aromatic N) is 2. The molecule has 0 radical (unpaired) electrons. The third kappa shape index (κ3) is 1.19. The highest BCUT2D eigenvalue weighted by atomic mass is 16.5. The zero-order valence-electron chi connectivity index (χ0n) is 9.36. The van der Waals surface area contributed by atoms with E-state index in [1.807, 2.05) is 17.5 Å². The molecule has 16 heavy (non-hydrogen) atoms. The van der Waals surface area contributed by atoms with Crippen LogP contribution in [0.2, 0.25) is 0 Å². The van der Waals surface area contributed by atoms with Gasteiger partial charge in [-0.15, -0.1) is 5.10 Å². The molecule has 4 nitrogen and oxygen atoms in total. The molecular formula is C12H15N3O. The molecule has 0 bridgehead atoms. The van der Waals surface area contributed by atoms with Crippen molar-refractivity contribution in [2.45, 2.75) is 26.2 Å². The van der Waals surface area contributed by atoms with E-state index in [4.69, 9.17) is 10.5 Å². The quantitative estimate of drug-likeness (QED) is 0.834. The van der Waals surface area contributed by atoms with Crippen molar-refractivity contribution in [3.05, 3.63) is 23.4 Å². The van der Waals surface area contributed by atoms with Gasteiger partial charge in [-0.2, -0.15) is 0 Å². The Bertz CT molecular complexity index is 545. The van der Waals surface area contributed by atoms with Gasteiger partial charge in [0.25, 0.3) is 5.88 Å². The smallest absolute Gasteiger partial charge is 0.257 e. The molecule has 2 heterocycles. The summed E-state index contributed by atoms with van der Waals surface area (Å²) in [5.41, 5.74) is 10.3. The minimum Gasteiger partial charge on any atom is -0.475 e. The van der Waals surface area contributed by atoms with E-state index in [1.54, 1.807) is 0 Å². The van der Waals surface area contributed by atoms with Crippen molar-refractivity contribution >= 4 is 11.2 Å². The summed E-state index contributed by atoms with van der Waals surface area (Å²) in [4.78, 5) is 0. The summed E-state index contributed by atoms with van der Waals surface area (Å²) in [6.45, 7) is 2.53. The van der Waals surface area contributed by atoms with Gasteiger partial charge in [-0.1, -0.05) is 6.07 Å². The van der Waals surface area contributed by atoms with E-state index >= 15 is 0 Å². The minimum absolute atomic E-state index is 0.558. The van der Waals surface area contributed by atoms with Crippen molar-refractivity contribution in [1.29, 1.82) is 0 Å². The number of hydrogen-bond donors (Lipinski definition) is 1. The third-order valence-electron chi connectivity index (χ3n) is 3.13. The molecular weight excluding hydrogens is 202 g/mol. The first-order chi connectivity index (χ1) is 7.81. The first kappa shape index (κ1) is 9.51. The lowest BCUT2D eigenvalue weighted by Crippen LogP contribution is -1.98. The molecule has 2 aromatic rings. The molecule has 2 N–H and O–H groups in total. The SMILES string of the molecule is CCOc1nn2c3c(ccc2c1N)CCC3. The van der Waals surface area contributed by atoms with Gasteiger partial charge in [0.2, 0.25) is 0 Å². The van der Waals surface area contributed by atoms with Gasteiger partial charge >= 0.3 is 0 Å². The van der Waals surface area contributed by atoms with Crippen molar-refractivity contribution in [2.75, 3.05) is 12.3 Å². The lowest BCUT2D eigenvalue weighted by Gasteiger charge is -2.01. The summed E-state index contributed by atoms with van der Waals surface area (Å²) in [5.74, 6) is 0.558. The third-order valence-corrected chi connectivity index (χ3v) is 3.13. The predicted octanol–water partition coefficient (Wildman–Crippen LogP) is 1.80. The Kier molecular flexibility index (Phi) is 2.02. The number of nitrogens with two attached hydrogens (primary N) is 1. The topological polar surface area (TPSA) is 52.5 Å². The maximum Gasteiger partial charge on any atom is 0.257 e. The first-order valence-electron chi connectivity index (χ1n) is 5.73. The normalized spacial score (nSPS) is 14.3. The van der Waals surface area contributed by atoms with Crippen molar-refractivity contribution in [2.24, 2.45) is 0 Å². The maximum atomic E-state index is 6.01. The Labute approximate surface area is 94.0 Å². The molecule has 1 aliphatic carbocycles. The van der Waals surface area contributed by atoms with Crippen LogP contribution in [0, 0.1) is 0 Å². The molecule has 0 saturated heterocycles. The van der Waals surface area contributed by atoms with Crippen LogP contribution in [0.5, 0.6) is 5.88 Å². The predicted molar refractivity (Wildman–Crippen MR) is 62.8 cm³/mol. The Hall–Kier alpha value is -1.71. The van der Waals surface area contributed by atoms with Crippen LogP contribution in [-0.4, -0.2) is 16.2 Å². The Morgan fingerprint density at radius 2 is 2.31 bits per heavy atom. The summed E-state index contributed by atoms with van der Waals surface area (Å²) in [5, 5.41) is 4.44.